The van der Waals surface area contributed by atoms with Crippen molar-refractivity contribution in [3.63, 3.8) is 0 Å². The van der Waals surface area contributed by atoms with Crippen molar-refractivity contribution in [1.29, 1.82) is 0 Å². The van der Waals surface area contributed by atoms with Gasteiger partial charge in [-0.25, -0.2) is 4.99 Å². The number of benzene rings is 1. The van der Waals surface area contributed by atoms with Gasteiger partial charge in [-0.1, -0.05) is 12.1 Å². The van der Waals surface area contributed by atoms with E-state index in [0.717, 1.165) is 60.6 Å². The Morgan fingerprint density at radius 2 is 1.92 bits per heavy atom. The molecule has 5 nitrogen and oxygen atoms in total. The molecule has 0 radical (unpaired) electrons. The number of hydrogen-bond acceptors (Lipinski definition) is 6. The first-order valence-electron chi connectivity index (χ1n) is 8.67. The van der Waals surface area contributed by atoms with Crippen LogP contribution >= 0.6 is 11.3 Å². The van der Waals surface area contributed by atoms with Crippen molar-refractivity contribution >= 4 is 22.9 Å². The molecule has 1 aromatic carbocycles. The van der Waals surface area contributed by atoms with Crippen molar-refractivity contribution in [2.75, 3.05) is 47.3 Å². The molecule has 3 heterocycles. The van der Waals surface area contributed by atoms with Crippen molar-refractivity contribution in [1.82, 2.24) is 14.7 Å². The summed E-state index contributed by atoms with van der Waals surface area (Å²) in [5.74, 6) is 1.89. The van der Waals surface area contributed by atoms with Crippen LogP contribution in [-0.4, -0.2) is 67.9 Å². The first-order valence-corrected chi connectivity index (χ1v) is 9.48. The van der Waals surface area contributed by atoms with Gasteiger partial charge in [0.1, 0.15) is 11.5 Å². The van der Waals surface area contributed by atoms with Crippen molar-refractivity contribution in [3.8, 4) is 10.8 Å². The predicted molar refractivity (Wildman–Crippen MR) is 103 cm³/mol. The van der Waals surface area contributed by atoms with Crippen molar-refractivity contribution in [2.45, 2.75) is 6.54 Å². The number of thiophene rings is 1. The fourth-order valence-electron chi connectivity index (χ4n) is 3.21. The van der Waals surface area contributed by atoms with Crippen LogP contribution in [0.15, 0.2) is 35.3 Å². The molecule has 1 fully saturated rings. The van der Waals surface area contributed by atoms with E-state index >= 15 is 0 Å². The van der Waals surface area contributed by atoms with Gasteiger partial charge in [-0.3, -0.25) is 0 Å². The summed E-state index contributed by atoms with van der Waals surface area (Å²) in [7, 11) is 6.36. The van der Waals surface area contributed by atoms with Gasteiger partial charge < -0.3 is 19.4 Å². The third-order valence-electron chi connectivity index (χ3n) is 4.56. The molecule has 2 aliphatic rings. The van der Waals surface area contributed by atoms with Gasteiger partial charge in [-0.15, -0.1) is 11.3 Å². The van der Waals surface area contributed by atoms with E-state index in [4.69, 9.17) is 9.73 Å². The SMILES string of the molecule is CN(C)Cc1cc2c(s1)Oc1ccccc1N=C2N1CCN(C)CC1. The van der Waals surface area contributed by atoms with Crippen molar-refractivity contribution in [2.24, 2.45) is 4.99 Å². The third-order valence-corrected chi connectivity index (χ3v) is 5.56. The molecule has 1 saturated heterocycles. The molecular formula is C19H24N4OS. The third kappa shape index (κ3) is 3.42. The lowest BCUT2D eigenvalue weighted by Crippen LogP contribution is -2.47. The monoisotopic (exact) mass is 356 g/mol. The first kappa shape index (κ1) is 16.6. The highest BCUT2D eigenvalue weighted by Gasteiger charge is 2.27. The number of nitrogens with zero attached hydrogens (tertiary/aromatic N) is 4. The standard InChI is InChI=1S/C19H24N4OS/c1-21(2)13-14-12-15-18(23-10-8-22(3)9-11-23)20-16-6-4-5-7-17(16)24-19(15)25-14/h4-7,12H,8-11,13H2,1-3H3. The molecule has 0 N–H and O–H groups in total. The minimum Gasteiger partial charge on any atom is -0.444 e. The summed E-state index contributed by atoms with van der Waals surface area (Å²) < 4.78 is 6.26. The van der Waals surface area contributed by atoms with E-state index in [0.29, 0.717) is 0 Å². The van der Waals surface area contributed by atoms with Crippen LogP contribution < -0.4 is 4.74 Å². The molecule has 0 saturated carbocycles. The molecule has 132 valence electrons. The zero-order chi connectivity index (χ0) is 17.4. The first-order chi connectivity index (χ1) is 12.1. The molecule has 0 amide bonds. The summed E-state index contributed by atoms with van der Waals surface area (Å²) in [5, 5.41) is 0.958. The van der Waals surface area contributed by atoms with Crippen LogP contribution in [0.2, 0.25) is 0 Å². The quantitative estimate of drug-likeness (QED) is 0.827. The van der Waals surface area contributed by atoms with Crippen LogP contribution in [-0.2, 0) is 6.54 Å². The van der Waals surface area contributed by atoms with Gasteiger partial charge in [0, 0.05) is 37.6 Å². The number of para-hydroxylation sites is 2. The summed E-state index contributed by atoms with van der Waals surface area (Å²) in [6, 6.07) is 10.3. The number of piperazine rings is 1. The fourth-order valence-corrected chi connectivity index (χ4v) is 4.34. The topological polar surface area (TPSA) is 31.3 Å². The minimum absolute atomic E-state index is 0.839. The summed E-state index contributed by atoms with van der Waals surface area (Å²) in [5.41, 5.74) is 2.04. The second-order valence-corrected chi connectivity index (χ2v) is 8.05. The molecule has 6 heteroatoms. The number of rotatable bonds is 2. The number of fused-ring (bicyclic) bond motifs is 2. The maximum Gasteiger partial charge on any atom is 0.192 e. The Labute approximate surface area is 153 Å². The fraction of sp³-hybridized carbons (Fsp3) is 0.421. The van der Waals surface area contributed by atoms with E-state index in [1.807, 2.05) is 24.3 Å². The molecule has 0 bridgehead atoms. The van der Waals surface area contributed by atoms with Crippen molar-refractivity contribution < 1.29 is 4.74 Å². The normalized spacial score (nSPS) is 17.6. The molecule has 25 heavy (non-hydrogen) atoms. The van der Waals surface area contributed by atoms with Crippen LogP contribution in [0.4, 0.5) is 5.69 Å². The van der Waals surface area contributed by atoms with E-state index in [9.17, 15) is 0 Å². The van der Waals surface area contributed by atoms with Crippen LogP contribution in [0, 0.1) is 0 Å². The zero-order valence-corrected chi connectivity index (χ0v) is 15.8. The molecule has 1 aromatic heterocycles. The molecule has 4 rings (SSSR count). The van der Waals surface area contributed by atoms with Crippen LogP contribution in [0.1, 0.15) is 10.4 Å². The lowest BCUT2D eigenvalue weighted by Gasteiger charge is -2.34. The van der Waals surface area contributed by atoms with Crippen LogP contribution in [0.25, 0.3) is 0 Å². The Balaban J connectivity index is 1.77. The molecule has 0 aliphatic carbocycles. The molecule has 2 aromatic rings. The van der Waals surface area contributed by atoms with Gasteiger partial charge in [-0.2, -0.15) is 0 Å². The second kappa shape index (κ2) is 6.78. The minimum atomic E-state index is 0.839. The number of amidine groups is 1. The Kier molecular flexibility index (Phi) is 4.50. The summed E-state index contributed by atoms with van der Waals surface area (Å²) >= 11 is 1.73. The Morgan fingerprint density at radius 1 is 1.16 bits per heavy atom. The van der Waals surface area contributed by atoms with E-state index in [-0.39, 0.29) is 0 Å². The highest BCUT2D eigenvalue weighted by atomic mass is 32.1. The second-order valence-electron chi connectivity index (χ2n) is 6.95. The molecule has 0 spiro atoms. The van der Waals surface area contributed by atoms with Gasteiger partial charge in [0.05, 0.1) is 5.56 Å². The van der Waals surface area contributed by atoms with Gasteiger partial charge in [0.15, 0.2) is 10.8 Å². The highest BCUT2D eigenvalue weighted by Crippen LogP contribution is 2.42. The lowest BCUT2D eigenvalue weighted by molar-refractivity contribution is 0.216. The maximum absolute atomic E-state index is 6.26. The average Bonchev–Trinajstić information content (AvgIpc) is 2.89. The Hall–Kier alpha value is -1.89. The van der Waals surface area contributed by atoms with E-state index in [1.54, 1.807) is 11.3 Å². The van der Waals surface area contributed by atoms with Gasteiger partial charge in [-0.05, 0) is 39.3 Å². The van der Waals surface area contributed by atoms with E-state index in [1.165, 1.54) is 4.88 Å². The smallest absolute Gasteiger partial charge is 0.192 e. The maximum atomic E-state index is 6.26. The summed E-state index contributed by atoms with van der Waals surface area (Å²) in [6.07, 6.45) is 0. The van der Waals surface area contributed by atoms with Gasteiger partial charge in [0.25, 0.3) is 0 Å². The molecule has 0 atom stereocenters. The zero-order valence-electron chi connectivity index (χ0n) is 15.0. The van der Waals surface area contributed by atoms with E-state index in [2.05, 4.69) is 41.9 Å². The average molecular weight is 356 g/mol. The molecule has 2 aliphatic heterocycles. The Bertz CT molecular complexity index is 790. The number of ether oxygens (including phenoxy) is 1. The highest BCUT2D eigenvalue weighted by molar-refractivity contribution is 7.14. The number of aliphatic imine (C=N–C) groups is 1. The van der Waals surface area contributed by atoms with Crippen LogP contribution in [0.3, 0.4) is 0 Å². The van der Waals surface area contributed by atoms with E-state index < -0.39 is 0 Å². The lowest BCUT2D eigenvalue weighted by atomic mass is 10.2. The van der Waals surface area contributed by atoms with Crippen LogP contribution in [0.5, 0.6) is 10.8 Å². The summed E-state index contributed by atoms with van der Waals surface area (Å²) in [4.78, 5) is 13.3. The number of hydrogen-bond donors (Lipinski definition) is 0. The largest absolute Gasteiger partial charge is 0.444 e. The van der Waals surface area contributed by atoms with Gasteiger partial charge in [0.2, 0.25) is 0 Å². The van der Waals surface area contributed by atoms with Crippen molar-refractivity contribution in [3.05, 3.63) is 40.8 Å². The number of likely N-dealkylation sites (N-methyl/N-ethyl adjacent to an activating group) is 1. The molecular weight excluding hydrogens is 332 g/mol. The Morgan fingerprint density at radius 3 is 2.68 bits per heavy atom. The summed E-state index contributed by atoms with van der Waals surface area (Å²) in [6.45, 7) is 5.03. The van der Waals surface area contributed by atoms with Gasteiger partial charge >= 0.3 is 0 Å². The molecule has 0 unspecified atom stereocenters. The predicted octanol–water partition coefficient (Wildman–Crippen LogP) is 3.24.